The van der Waals surface area contributed by atoms with Crippen LogP contribution >= 0.6 is 22.7 Å². The maximum Gasteiger partial charge on any atom is 0.0433 e. The zero-order valence-electron chi connectivity index (χ0n) is 37.0. The molecule has 1 aliphatic rings. The summed E-state index contributed by atoms with van der Waals surface area (Å²) in [7, 11) is 0. The molecule has 0 saturated heterocycles. The highest BCUT2D eigenvalue weighted by Crippen LogP contribution is 2.46. The Bertz CT molecular complexity index is 4450. The molecule has 0 saturated carbocycles. The van der Waals surface area contributed by atoms with Crippen LogP contribution in [0, 0.1) is 0 Å². The van der Waals surface area contributed by atoms with Gasteiger partial charge >= 0.3 is 0 Å². The van der Waals surface area contributed by atoms with Crippen molar-refractivity contribution in [1.29, 1.82) is 0 Å². The molecule has 14 aromatic rings. The van der Waals surface area contributed by atoms with Crippen molar-refractivity contribution < 1.29 is 0 Å². The molecule has 0 amide bonds. The molecule has 15 rings (SSSR count). The van der Waals surface area contributed by atoms with E-state index in [-0.39, 0.29) is 5.92 Å². The van der Waals surface area contributed by atoms with Crippen molar-refractivity contribution >= 4 is 123 Å². The van der Waals surface area contributed by atoms with Gasteiger partial charge in [-0.25, -0.2) is 0 Å². The predicted octanol–water partition coefficient (Wildman–Crippen LogP) is 19.5. The van der Waals surface area contributed by atoms with Crippen molar-refractivity contribution in [3.63, 3.8) is 0 Å². The van der Waals surface area contributed by atoms with E-state index in [4.69, 9.17) is 0 Å². The topological polar surface area (TPSA) is 0 Å². The van der Waals surface area contributed by atoms with Gasteiger partial charge in [-0.05, 0) is 141 Å². The minimum absolute atomic E-state index is 0.279. The molecule has 2 heterocycles. The van der Waals surface area contributed by atoms with E-state index < -0.39 is 0 Å². The molecular formula is C66H40S2. The third-order valence-corrected chi connectivity index (χ3v) is 17.5. The van der Waals surface area contributed by atoms with Gasteiger partial charge in [0.1, 0.15) is 0 Å². The van der Waals surface area contributed by atoms with Gasteiger partial charge in [0.05, 0.1) is 0 Å². The molecular weight excluding hydrogens is 857 g/mol. The molecule has 1 unspecified atom stereocenters. The lowest BCUT2D eigenvalue weighted by molar-refractivity contribution is 0.835. The lowest BCUT2D eigenvalue weighted by atomic mass is 9.79. The summed E-state index contributed by atoms with van der Waals surface area (Å²) in [6, 6.07) is 79.9. The largest absolute Gasteiger partial charge is 0.135 e. The molecule has 12 aromatic carbocycles. The Morgan fingerprint density at radius 2 is 0.779 bits per heavy atom. The van der Waals surface area contributed by atoms with Gasteiger partial charge in [-0.1, -0.05) is 194 Å². The first-order valence-corrected chi connectivity index (χ1v) is 25.3. The van der Waals surface area contributed by atoms with Gasteiger partial charge < -0.3 is 0 Å². The van der Waals surface area contributed by atoms with E-state index in [9.17, 15) is 0 Å². The summed E-state index contributed by atoms with van der Waals surface area (Å²) in [5, 5.41) is 18.5. The first-order chi connectivity index (χ1) is 33.7. The molecule has 0 bridgehead atoms. The van der Waals surface area contributed by atoms with Crippen LogP contribution in [0.3, 0.4) is 0 Å². The number of hydrogen-bond donors (Lipinski definition) is 0. The van der Waals surface area contributed by atoms with Gasteiger partial charge in [-0.3, -0.25) is 0 Å². The number of fused-ring (bicyclic) bond motifs is 18. The normalized spacial score (nSPS) is 13.9. The monoisotopic (exact) mass is 896 g/mol. The van der Waals surface area contributed by atoms with E-state index in [1.54, 1.807) is 0 Å². The molecule has 0 spiro atoms. The number of benzene rings is 12. The Hall–Kier alpha value is -7.88. The minimum atomic E-state index is 0.279. The summed E-state index contributed by atoms with van der Waals surface area (Å²) >= 11 is 3.82. The quantitative estimate of drug-likeness (QED) is 0.154. The van der Waals surface area contributed by atoms with E-state index in [0.29, 0.717) is 0 Å². The van der Waals surface area contributed by atoms with Gasteiger partial charge in [0.2, 0.25) is 0 Å². The van der Waals surface area contributed by atoms with Crippen LogP contribution in [-0.4, -0.2) is 0 Å². The van der Waals surface area contributed by atoms with E-state index in [2.05, 4.69) is 224 Å². The summed E-state index contributed by atoms with van der Waals surface area (Å²) in [4.78, 5) is 0. The average molecular weight is 897 g/mol. The van der Waals surface area contributed by atoms with E-state index >= 15 is 0 Å². The minimum Gasteiger partial charge on any atom is -0.135 e. The Labute approximate surface area is 401 Å². The number of hydrogen-bond acceptors (Lipinski definition) is 2. The molecule has 1 aliphatic carbocycles. The van der Waals surface area contributed by atoms with Crippen LogP contribution in [0.4, 0.5) is 0 Å². The summed E-state index contributed by atoms with van der Waals surface area (Å²) < 4.78 is 5.36. The molecule has 0 N–H and O–H groups in total. The fourth-order valence-corrected chi connectivity index (χ4v) is 14.3. The molecule has 68 heavy (non-hydrogen) atoms. The highest BCUT2D eigenvalue weighted by atomic mass is 32.1. The van der Waals surface area contributed by atoms with E-state index in [1.807, 2.05) is 22.7 Å². The van der Waals surface area contributed by atoms with Crippen molar-refractivity contribution in [2.75, 3.05) is 0 Å². The Kier molecular flexibility index (Phi) is 8.33. The first kappa shape index (κ1) is 38.2. The van der Waals surface area contributed by atoms with Gasteiger partial charge in [0.25, 0.3) is 0 Å². The van der Waals surface area contributed by atoms with Crippen molar-refractivity contribution in [1.82, 2.24) is 0 Å². The zero-order valence-corrected chi connectivity index (χ0v) is 38.6. The van der Waals surface area contributed by atoms with Crippen LogP contribution in [0.2, 0.25) is 0 Å². The number of rotatable bonds is 4. The number of thiophene rings is 2. The van der Waals surface area contributed by atoms with E-state index in [1.165, 1.54) is 144 Å². The van der Waals surface area contributed by atoms with Crippen molar-refractivity contribution in [3.8, 4) is 33.4 Å². The fraction of sp³-hybridized carbons (Fsp3) is 0.0303. The number of allylic oxidation sites excluding steroid dienone is 1. The summed E-state index contributed by atoms with van der Waals surface area (Å²) in [6.07, 6.45) is 5.85. The third kappa shape index (κ3) is 5.72. The lowest BCUT2D eigenvalue weighted by Gasteiger charge is -2.24. The third-order valence-electron chi connectivity index (χ3n) is 15.0. The summed E-state index contributed by atoms with van der Waals surface area (Å²) in [5.41, 5.74) is 11.8. The maximum absolute atomic E-state index is 2.46. The maximum atomic E-state index is 2.46. The van der Waals surface area contributed by atoms with Crippen molar-refractivity contribution in [2.24, 2.45) is 0 Å². The van der Waals surface area contributed by atoms with Gasteiger partial charge in [0, 0.05) is 46.3 Å². The molecule has 0 radical (unpaired) electrons. The second kappa shape index (κ2) is 14.8. The lowest BCUT2D eigenvalue weighted by Crippen LogP contribution is -2.07. The fourth-order valence-electron chi connectivity index (χ4n) is 11.8. The second-order valence-electron chi connectivity index (χ2n) is 18.6. The summed E-state index contributed by atoms with van der Waals surface area (Å²) in [6.45, 7) is 0. The van der Waals surface area contributed by atoms with Crippen LogP contribution in [0.5, 0.6) is 0 Å². The highest BCUT2D eigenvalue weighted by molar-refractivity contribution is 7.26. The molecule has 2 aromatic heterocycles. The van der Waals surface area contributed by atoms with Crippen LogP contribution < -0.4 is 0 Å². The first-order valence-electron chi connectivity index (χ1n) is 23.7. The van der Waals surface area contributed by atoms with Gasteiger partial charge in [-0.15, -0.1) is 22.7 Å². The molecule has 1 atom stereocenters. The van der Waals surface area contributed by atoms with Crippen LogP contribution in [0.25, 0.3) is 134 Å². The van der Waals surface area contributed by atoms with Crippen molar-refractivity contribution in [2.45, 2.75) is 12.3 Å². The Morgan fingerprint density at radius 3 is 1.49 bits per heavy atom. The molecule has 316 valence electrons. The average Bonchev–Trinajstić information content (AvgIpc) is 3.99. The van der Waals surface area contributed by atoms with Crippen molar-refractivity contribution in [3.05, 3.63) is 235 Å². The van der Waals surface area contributed by atoms with Crippen LogP contribution in [-0.2, 0) is 6.42 Å². The van der Waals surface area contributed by atoms with Crippen LogP contribution in [0.15, 0.2) is 218 Å². The molecule has 0 nitrogen and oxygen atoms in total. The Balaban J connectivity index is 0.819. The van der Waals surface area contributed by atoms with E-state index in [0.717, 1.165) is 6.42 Å². The highest BCUT2D eigenvalue weighted by Gasteiger charge is 2.23. The molecule has 0 fully saturated rings. The van der Waals surface area contributed by atoms with Gasteiger partial charge in [0.15, 0.2) is 0 Å². The second-order valence-corrected chi connectivity index (χ2v) is 20.7. The molecule has 0 aliphatic heterocycles. The predicted molar refractivity (Wildman–Crippen MR) is 298 cm³/mol. The smallest absolute Gasteiger partial charge is 0.0433 e. The standard InChI is InChI=1S/C66H40S2/c1-2-16-49-47(14-1)48-15-3-5-18-51(48)61-38-44(28-32-54(49)61)46-22-11-24-58-62-37-42(29-33-64(62)68-66(46)58)41-26-30-53-50-17-4-6-19-52(50)59-35-40(27-31-55(59)60(53)36-41)39-12-9-13-43(34-39)45-21-10-23-57-56-20-7-8-25-63(56)67-65(45)57/h1-34,36-38,40H,35H2. The molecule has 2 heteroatoms. The zero-order chi connectivity index (χ0) is 44.5. The summed E-state index contributed by atoms with van der Waals surface area (Å²) in [5.74, 6) is 0.279. The SMILES string of the molecule is C1=CC(c2cccc(-c3cccc4c3sc3ccccc34)c2)Cc2c1c1cc(-c3ccc4sc5c(-c6ccc7c8ccccc8c8ccccc8c7c6)cccc5c4c3)ccc1c1ccccc21. The van der Waals surface area contributed by atoms with Crippen LogP contribution in [0.1, 0.15) is 22.6 Å². The Morgan fingerprint density at radius 1 is 0.309 bits per heavy atom. The van der Waals surface area contributed by atoms with Gasteiger partial charge in [-0.2, -0.15) is 0 Å².